The van der Waals surface area contributed by atoms with E-state index in [0.29, 0.717) is 12.5 Å². The second-order valence-corrected chi connectivity index (χ2v) is 4.80. The van der Waals surface area contributed by atoms with Crippen LogP contribution in [0.25, 0.3) is 0 Å². The molecule has 2 atom stereocenters. The Bertz CT molecular complexity index is 221. The fourth-order valence-electron chi connectivity index (χ4n) is 2.08. The van der Waals surface area contributed by atoms with Crippen molar-refractivity contribution < 1.29 is 9.90 Å². The highest BCUT2D eigenvalue weighted by Gasteiger charge is 2.43. The number of rotatable bonds is 4. The Balaban J connectivity index is 2.60. The van der Waals surface area contributed by atoms with Crippen molar-refractivity contribution in [2.75, 3.05) is 19.6 Å². The Morgan fingerprint density at radius 1 is 1.53 bits per heavy atom. The molecule has 1 fully saturated rings. The molecule has 88 valence electrons. The normalized spacial score (nSPS) is 28.1. The predicted octanol–water partition coefficient (Wildman–Crippen LogP) is 0.119. The van der Waals surface area contributed by atoms with Gasteiger partial charge < -0.3 is 15.7 Å². The molecule has 3 N–H and O–H groups in total. The fourth-order valence-corrected chi connectivity index (χ4v) is 2.08. The van der Waals surface area contributed by atoms with E-state index in [1.54, 1.807) is 6.92 Å². The van der Waals surface area contributed by atoms with Crippen LogP contribution in [0.1, 0.15) is 27.2 Å². The first-order valence-corrected chi connectivity index (χ1v) is 5.66. The number of hydrogen-bond acceptors (Lipinski definition) is 3. The lowest BCUT2D eigenvalue weighted by molar-refractivity contribution is -0.132. The lowest BCUT2D eigenvalue weighted by atomic mass is 9.75. The van der Waals surface area contributed by atoms with Gasteiger partial charge in [0.1, 0.15) is 0 Å². The summed E-state index contributed by atoms with van der Waals surface area (Å²) in [6.45, 7) is 7.82. The van der Waals surface area contributed by atoms with Crippen LogP contribution in [-0.2, 0) is 4.79 Å². The molecule has 1 saturated heterocycles. The molecular formula is C11H22N2O2. The summed E-state index contributed by atoms with van der Waals surface area (Å²) < 4.78 is 0. The molecule has 0 aromatic rings. The molecule has 4 nitrogen and oxygen atoms in total. The van der Waals surface area contributed by atoms with Crippen LogP contribution in [0.15, 0.2) is 0 Å². The monoisotopic (exact) mass is 214 g/mol. The quantitative estimate of drug-likeness (QED) is 0.623. The number of aliphatic hydroxyl groups is 1. The Labute approximate surface area is 91.4 Å². The molecule has 0 radical (unpaired) electrons. The molecule has 1 rings (SSSR count). The van der Waals surface area contributed by atoms with E-state index in [4.69, 9.17) is 5.11 Å². The van der Waals surface area contributed by atoms with Crippen LogP contribution in [-0.4, -0.2) is 36.8 Å². The van der Waals surface area contributed by atoms with Gasteiger partial charge in [-0.3, -0.25) is 4.79 Å². The number of aliphatic hydroxyl groups excluding tert-OH is 1. The van der Waals surface area contributed by atoms with Crippen molar-refractivity contribution in [3.05, 3.63) is 0 Å². The molecule has 4 heteroatoms. The van der Waals surface area contributed by atoms with Crippen molar-refractivity contribution in [2.24, 2.45) is 11.3 Å². The van der Waals surface area contributed by atoms with Crippen molar-refractivity contribution in [1.29, 1.82) is 0 Å². The van der Waals surface area contributed by atoms with Crippen LogP contribution in [0.5, 0.6) is 0 Å². The zero-order valence-corrected chi connectivity index (χ0v) is 9.84. The highest BCUT2D eigenvalue weighted by Crippen LogP contribution is 2.34. The molecule has 2 unspecified atom stereocenters. The summed E-state index contributed by atoms with van der Waals surface area (Å²) >= 11 is 0. The second-order valence-electron chi connectivity index (χ2n) is 4.80. The third kappa shape index (κ3) is 2.69. The molecule has 15 heavy (non-hydrogen) atoms. The van der Waals surface area contributed by atoms with Gasteiger partial charge in [0, 0.05) is 13.1 Å². The van der Waals surface area contributed by atoms with Gasteiger partial charge in [-0.15, -0.1) is 0 Å². The van der Waals surface area contributed by atoms with Crippen LogP contribution >= 0.6 is 0 Å². The van der Waals surface area contributed by atoms with Crippen molar-refractivity contribution in [3.8, 4) is 0 Å². The molecule has 0 bridgehead atoms. The maximum absolute atomic E-state index is 12.1. The van der Waals surface area contributed by atoms with E-state index >= 15 is 0 Å². The topological polar surface area (TPSA) is 61.4 Å². The number of carbonyl (C=O) groups excluding carboxylic acids is 1. The minimum Gasteiger partial charge on any atom is -0.392 e. The van der Waals surface area contributed by atoms with Gasteiger partial charge in [-0.1, -0.05) is 13.8 Å². The predicted molar refractivity (Wildman–Crippen MR) is 59.4 cm³/mol. The van der Waals surface area contributed by atoms with Gasteiger partial charge in [-0.2, -0.15) is 0 Å². The SMILES string of the molecule is CC(O)CNC(=O)C1(C(C)C)CCNC1. The van der Waals surface area contributed by atoms with Crippen molar-refractivity contribution >= 4 is 5.91 Å². The van der Waals surface area contributed by atoms with Gasteiger partial charge in [0.25, 0.3) is 0 Å². The molecule has 1 amide bonds. The van der Waals surface area contributed by atoms with Crippen LogP contribution in [0.3, 0.4) is 0 Å². The summed E-state index contributed by atoms with van der Waals surface area (Å²) in [5.74, 6) is 0.393. The lowest BCUT2D eigenvalue weighted by Crippen LogP contribution is -2.47. The molecule has 0 aromatic heterocycles. The summed E-state index contributed by atoms with van der Waals surface area (Å²) in [6, 6.07) is 0. The smallest absolute Gasteiger partial charge is 0.227 e. The van der Waals surface area contributed by atoms with Gasteiger partial charge in [0.15, 0.2) is 0 Å². The zero-order chi connectivity index (χ0) is 11.5. The molecular weight excluding hydrogens is 192 g/mol. The second kappa shape index (κ2) is 4.94. The van der Waals surface area contributed by atoms with Gasteiger partial charge in [0.05, 0.1) is 11.5 Å². The number of carbonyl (C=O) groups is 1. The van der Waals surface area contributed by atoms with E-state index in [1.807, 2.05) is 0 Å². The largest absolute Gasteiger partial charge is 0.392 e. The Hall–Kier alpha value is -0.610. The first kappa shape index (κ1) is 12.5. The van der Waals surface area contributed by atoms with Crippen molar-refractivity contribution in [1.82, 2.24) is 10.6 Å². The third-order valence-corrected chi connectivity index (χ3v) is 3.30. The molecule has 0 saturated carbocycles. The Morgan fingerprint density at radius 2 is 2.20 bits per heavy atom. The Kier molecular flexibility index (Phi) is 4.11. The van der Waals surface area contributed by atoms with Crippen molar-refractivity contribution in [3.63, 3.8) is 0 Å². The van der Waals surface area contributed by atoms with Crippen LogP contribution < -0.4 is 10.6 Å². The lowest BCUT2D eigenvalue weighted by Gasteiger charge is -2.31. The maximum Gasteiger partial charge on any atom is 0.227 e. The first-order valence-electron chi connectivity index (χ1n) is 5.66. The maximum atomic E-state index is 12.1. The van der Waals surface area contributed by atoms with E-state index in [2.05, 4.69) is 24.5 Å². The number of nitrogens with one attached hydrogen (secondary N) is 2. The van der Waals surface area contributed by atoms with E-state index < -0.39 is 6.10 Å². The molecule has 1 heterocycles. The van der Waals surface area contributed by atoms with E-state index in [-0.39, 0.29) is 11.3 Å². The zero-order valence-electron chi connectivity index (χ0n) is 9.84. The average molecular weight is 214 g/mol. The van der Waals surface area contributed by atoms with Gasteiger partial charge in [0.2, 0.25) is 5.91 Å². The minimum atomic E-state index is -0.479. The molecule has 0 spiro atoms. The first-order chi connectivity index (χ1) is 6.99. The number of amides is 1. The fraction of sp³-hybridized carbons (Fsp3) is 0.909. The van der Waals surface area contributed by atoms with Crippen LogP contribution in [0.2, 0.25) is 0 Å². The summed E-state index contributed by atoms with van der Waals surface area (Å²) in [6.07, 6.45) is 0.406. The van der Waals surface area contributed by atoms with E-state index in [1.165, 1.54) is 0 Å². The molecule has 0 aromatic carbocycles. The standard InChI is InChI=1S/C11H22N2O2/c1-8(2)11(4-5-12-7-11)10(15)13-6-9(3)14/h8-9,12,14H,4-7H2,1-3H3,(H,13,15). The minimum absolute atomic E-state index is 0.0726. The van der Waals surface area contributed by atoms with Crippen LogP contribution in [0, 0.1) is 11.3 Å². The highest BCUT2D eigenvalue weighted by atomic mass is 16.3. The molecule has 0 aliphatic carbocycles. The van der Waals surface area contributed by atoms with Gasteiger partial charge in [-0.25, -0.2) is 0 Å². The molecule has 1 aliphatic rings. The van der Waals surface area contributed by atoms with Gasteiger partial charge in [-0.05, 0) is 25.8 Å². The number of hydrogen-bond donors (Lipinski definition) is 3. The van der Waals surface area contributed by atoms with Crippen LogP contribution in [0.4, 0.5) is 0 Å². The third-order valence-electron chi connectivity index (χ3n) is 3.30. The summed E-state index contributed by atoms with van der Waals surface area (Å²) in [4.78, 5) is 12.1. The Morgan fingerprint density at radius 3 is 2.60 bits per heavy atom. The van der Waals surface area contributed by atoms with Gasteiger partial charge >= 0.3 is 0 Å². The van der Waals surface area contributed by atoms with E-state index in [9.17, 15) is 4.79 Å². The van der Waals surface area contributed by atoms with E-state index in [0.717, 1.165) is 19.5 Å². The average Bonchev–Trinajstić information content (AvgIpc) is 2.63. The van der Waals surface area contributed by atoms with Crippen molar-refractivity contribution in [2.45, 2.75) is 33.3 Å². The summed E-state index contributed by atoms with van der Waals surface area (Å²) in [7, 11) is 0. The summed E-state index contributed by atoms with van der Waals surface area (Å²) in [5.41, 5.74) is -0.283. The molecule has 1 aliphatic heterocycles. The highest BCUT2D eigenvalue weighted by molar-refractivity contribution is 5.83. The summed E-state index contributed by atoms with van der Waals surface area (Å²) in [5, 5.41) is 15.2.